The van der Waals surface area contributed by atoms with Crippen molar-refractivity contribution in [3.63, 3.8) is 0 Å². The maximum atomic E-state index is 13.3. The SMILES string of the molecule is O=C(c1cccc(C(F)(F)F)n1)C1CC2COCC(C1)N2C(=O)OCC1c2ccccc2-c2ccccc21. The van der Waals surface area contributed by atoms with Gasteiger partial charge in [-0.1, -0.05) is 54.6 Å². The van der Waals surface area contributed by atoms with Crippen molar-refractivity contribution in [3.05, 3.63) is 89.2 Å². The number of fused-ring (bicyclic) bond motifs is 5. The van der Waals surface area contributed by atoms with Crippen LogP contribution in [-0.2, 0) is 15.7 Å². The molecule has 9 heteroatoms. The molecular weight excluding hydrogens is 497 g/mol. The molecule has 1 aliphatic carbocycles. The van der Waals surface area contributed by atoms with Gasteiger partial charge in [-0.25, -0.2) is 9.78 Å². The van der Waals surface area contributed by atoms with Crippen molar-refractivity contribution in [2.75, 3.05) is 19.8 Å². The predicted octanol–water partition coefficient (Wildman–Crippen LogP) is 5.71. The van der Waals surface area contributed by atoms with Crippen molar-refractivity contribution >= 4 is 11.9 Å². The second-order valence-corrected chi connectivity index (χ2v) is 9.99. The third kappa shape index (κ3) is 4.34. The molecule has 0 spiro atoms. The van der Waals surface area contributed by atoms with Gasteiger partial charge in [-0.15, -0.1) is 0 Å². The molecule has 0 radical (unpaired) electrons. The van der Waals surface area contributed by atoms with E-state index in [1.54, 1.807) is 4.90 Å². The zero-order valence-corrected chi connectivity index (χ0v) is 20.4. The molecule has 3 aromatic rings. The molecule has 0 saturated carbocycles. The van der Waals surface area contributed by atoms with Crippen LogP contribution >= 0.6 is 0 Å². The van der Waals surface area contributed by atoms with Gasteiger partial charge < -0.3 is 9.47 Å². The van der Waals surface area contributed by atoms with Crippen molar-refractivity contribution in [1.82, 2.24) is 9.88 Å². The number of hydrogen-bond donors (Lipinski definition) is 0. The Hall–Kier alpha value is -3.72. The van der Waals surface area contributed by atoms with E-state index in [-0.39, 0.29) is 44.3 Å². The summed E-state index contributed by atoms with van der Waals surface area (Å²) >= 11 is 0. The molecular formula is C29H25F3N2O4. The number of benzene rings is 2. The van der Waals surface area contributed by atoms with Gasteiger partial charge in [0, 0.05) is 11.8 Å². The summed E-state index contributed by atoms with van der Waals surface area (Å²) in [5, 5.41) is 0. The van der Waals surface area contributed by atoms with Crippen molar-refractivity contribution in [2.24, 2.45) is 5.92 Å². The number of amides is 1. The van der Waals surface area contributed by atoms with E-state index < -0.39 is 41.7 Å². The van der Waals surface area contributed by atoms with E-state index in [1.165, 1.54) is 12.1 Å². The Morgan fingerprint density at radius 3 is 2.11 bits per heavy atom. The number of Topliss-reactive ketones (excluding diaryl/α,β-unsaturated/α-hetero) is 1. The highest BCUT2D eigenvalue weighted by molar-refractivity contribution is 5.96. The maximum Gasteiger partial charge on any atom is 0.433 e. The number of pyridine rings is 1. The van der Waals surface area contributed by atoms with Gasteiger partial charge in [0.15, 0.2) is 5.78 Å². The Morgan fingerprint density at radius 2 is 1.50 bits per heavy atom. The molecule has 2 fully saturated rings. The summed E-state index contributed by atoms with van der Waals surface area (Å²) in [7, 11) is 0. The lowest BCUT2D eigenvalue weighted by Crippen LogP contribution is -2.60. The number of nitrogens with zero attached hydrogens (tertiary/aromatic N) is 2. The number of aromatic nitrogens is 1. The van der Waals surface area contributed by atoms with Gasteiger partial charge in [0.25, 0.3) is 0 Å². The molecule has 2 atom stereocenters. The fraction of sp³-hybridized carbons (Fsp3) is 0.345. The third-order valence-corrected chi connectivity index (χ3v) is 7.73. The minimum absolute atomic E-state index is 0.0754. The van der Waals surface area contributed by atoms with Crippen LogP contribution in [0.2, 0.25) is 0 Å². The lowest BCUT2D eigenvalue weighted by Gasteiger charge is -2.47. The first kappa shape index (κ1) is 24.6. The highest BCUT2D eigenvalue weighted by atomic mass is 19.4. The molecule has 2 saturated heterocycles. The average Bonchev–Trinajstić information content (AvgIpc) is 3.24. The Bertz CT molecular complexity index is 1330. The van der Waals surface area contributed by atoms with Gasteiger partial charge in [0.1, 0.15) is 18.0 Å². The molecule has 3 heterocycles. The smallest absolute Gasteiger partial charge is 0.433 e. The Morgan fingerprint density at radius 1 is 0.895 bits per heavy atom. The topological polar surface area (TPSA) is 68.7 Å². The van der Waals surface area contributed by atoms with E-state index in [9.17, 15) is 22.8 Å². The second-order valence-electron chi connectivity index (χ2n) is 9.99. The molecule has 6 nitrogen and oxygen atoms in total. The van der Waals surface area contributed by atoms with Gasteiger partial charge in [0.2, 0.25) is 0 Å². The Balaban J connectivity index is 1.16. The highest BCUT2D eigenvalue weighted by Crippen LogP contribution is 2.45. The number of hydrogen-bond acceptors (Lipinski definition) is 5. The number of halogens is 3. The molecule has 2 aromatic carbocycles. The molecule has 1 amide bonds. The number of piperidine rings is 1. The van der Waals surface area contributed by atoms with Gasteiger partial charge in [0.05, 0.1) is 25.3 Å². The van der Waals surface area contributed by atoms with Gasteiger partial charge in [-0.05, 0) is 47.2 Å². The predicted molar refractivity (Wildman–Crippen MR) is 132 cm³/mol. The molecule has 3 aliphatic rings. The van der Waals surface area contributed by atoms with E-state index in [1.807, 2.05) is 24.3 Å². The molecule has 2 unspecified atom stereocenters. The maximum absolute atomic E-state index is 13.3. The van der Waals surface area contributed by atoms with Crippen LogP contribution in [0.5, 0.6) is 0 Å². The lowest BCUT2D eigenvalue weighted by molar-refractivity contribution is -0.141. The molecule has 38 heavy (non-hydrogen) atoms. The number of alkyl halides is 3. The molecule has 1 aromatic heterocycles. The van der Waals surface area contributed by atoms with Gasteiger partial charge in [-0.2, -0.15) is 13.2 Å². The summed E-state index contributed by atoms with van der Waals surface area (Å²) in [6, 6.07) is 18.7. The third-order valence-electron chi connectivity index (χ3n) is 7.73. The quantitative estimate of drug-likeness (QED) is 0.411. The monoisotopic (exact) mass is 522 g/mol. The number of ketones is 1. The molecule has 196 valence electrons. The van der Waals surface area contributed by atoms with E-state index in [0.29, 0.717) is 0 Å². The first-order valence-corrected chi connectivity index (χ1v) is 12.6. The summed E-state index contributed by atoms with van der Waals surface area (Å²) in [5.74, 6) is -1.07. The van der Waals surface area contributed by atoms with Crippen LogP contribution in [-0.4, -0.2) is 53.7 Å². The second kappa shape index (κ2) is 9.54. The van der Waals surface area contributed by atoms with Gasteiger partial charge in [-0.3, -0.25) is 9.69 Å². The minimum Gasteiger partial charge on any atom is -0.448 e. The Kier molecular flexibility index (Phi) is 6.18. The molecule has 2 aliphatic heterocycles. The highest BCUT2D eigenvalue weighted by Gasteiger charge is 2.45. The number of ether oxygens (including phenoxy) is 2. The average molecular weight is 523 g/mol. The van der Waals surface area contributed by atoms with E-state index in [4.69, 9.17) is 9.47 Å². The van der Waals surface area contributed by atoms with Crippen LogP contribution in [0.1, 0.15) is 46.1 Å². The fourth-order valence-electron chi connectivity index (χ4n) is 6.03. The van der Waals surface area contributed by atoms with Crippen LogP contribution in [0.15, 0.2) is 66.7 Å². The zero-order valence-electron chi connectivity index (χ0n) is 20.4. The van der Waals surface area contributed by atoms with Crippen LogP contribution < -0.4 is 0 Å². The van der Waals surface area contributed by atoms with Crippen molar-refractivity contribution < 1.29 is 32.2 Å². The molecule has 6 rings (SSSR count). The van der Waals surface area contributed by atoms with Crippen LogP contribution in [0.3, 0.4) is 0 Å². The number of carbonyl (C=O) groups excluding carboxylic acids is 2. The number of rotatable bonds is 4. The summed E-state index contributed by atoms with van der Waals surface area (Å²) in [6.45, 7) is 0.654. The molecule has 2 bridgehead atoms. The zero-order chi connectivity index (χ0) is 26.4. The standard InChI is InChI=1S/C29H25F3N2O4/c30-29(31,32)26-11-5-10-25(33-26)27(35)17-12-18-14-37-15-19(13-17)34(18)28(36)38-16-24-22-8-3-1-6-20(22)21-7-2-4-9-23(21)24/h1-11,17-19,24H,12-16H2. The molecule has 0 N–H and O–H groups in total. The summed E-state index contributed by atoms with van der Waals surface area (Å²) in [6.07, 6.45) is -4.54. The fourth-order valence-corrected chi connectivity index (χ4v) is 6.03. The van der Waals surface area contributed by atoms with Crippen LogP contribution in [0.25, 0.3) is 11.1 Å². The van der Waals surface area contributed by atoms with Gasteiger partial charge >= 0.3 is 12.3 Å². The van der Waals surface area contributed by atoms with Crippen LogP contribution in [0, 0.1) is 5.92 Å². The van der Waals surface area contributed by atoms with E-state index in [2.05, 4.69) is 29.2 Å². The minimum atomic E-state index is -4.63. The Labute approximate surface area is 217 Å². The van der Waals surface area contributed by atoms with Crippen molar-refractivity contribution in [1.29, 1.82) is 0 Å². The normalized spacial score (nSPS) is 22.5. The summed E-state index contributed by atoms with van der Waals surface area (Å²) < 4.78 is 50.8. The first-order chi connectivity index (χ1) is 18.3. The summed E-state index contributed by atoms with van der Waals surface area (Å²) in [5.41, 5.74) is 3.20. The first-order valence-electron chi connectivity index (χ1n) is 12.6. The lowest BCUT2D eigenvalue weighted by atomic mass is 9.81. The summed E-state index contributed by atoms with van der Waals surface area (Å²) in [4.78, 5) is 31.7. The van der Waals surface area contributed by atoms with Crippen LogP contribution in [0.4, 0.5) is 18.0 Å². The number of morpholine rings is 1. The number of carbonyl (C=O) groups is 2. The van der Waals surface area contributed by atoms with E-state index >= 15 is 0 Å². The van der Waals surface area contributed by atoms with E-state index in [0.717, 1.165) is 28.3 Å². The van der Waals surface area contributed by atoms with Crippen molar-refractivity contribution in [3.8, 4) is 11.1 Å². The largest absolute Gasteiger partial charge is 0.448 e. The van der Waals surface area contributed by atoms with Crippen molar-refractivity contribution in [2.45, 2.75) is 37.0 Å².